The number of ether oxygens (including phenoxy) is 2. The molecule has 0 aliphatic carbocycles. The van der Waals surface area contributed by atoms with E-state index in [4.69, 9.17) is 25.9 Å². The fourth-order valence-corrected chi connectivity index (χ4v) is 3.46. The van der Waals surface area contributed by atoms with Crippen molar-refractivity contribution in [2.45, 2.75) is 27.4 Å². The van der Waals surface area contributed by atoms with Crippen LogP contribution < -0.4 is 15.2 Å². The van der Waals surface area contributed by atoms with Crippen molar-refractivity contribution >= 4 is 17.3 Å². The summed E-state index contributed by atoms with van der Waals surface area (Å²) in [5.74, 6) is 0.746. The van der Waals surface area contributed by atoms with Gasteiger partial charge in [0.1, 0.15) is 19.0 Å². The molecule has 33 heavy (non-hydrogen) atoms. The van der Waals surface area contributed by atoms with Crippen molar-refractivity contribution in [3.63, 3.8) is 0 Å². The lowest BCUT2D eigenvalue weighted by molar-refractivity contribution is 0.175. The zero-order valence-corrected chi connectivity index (χ0v) is 20.1. The third-order valence-electron chi connectivity index (χ3n) is 5.07. The summed E-state index contributed by atoms with van der Waals surface area (Å²) in [6, 6.07) is 11.7. The van der Waals surface area contributed by atoms with Crippen molar-refractivity contribution in [1.29, 1.82) is 0 Å². The molecule has 2 aromatic carbocycles. The Balaban J connectivity index is 1.85. The summed E-state index contributed by atoms with van der Waals surface area (Å²) in [7, 11) is 3.06. The Morgan fingerprint density at radius 3 is 2.70 bits per heavy atom. The van der Waals surface area contributed by atoms with Crippen molar-refractivity contribution in [2.75, 3.05) is 13.7 Å². The molecule has 0 aliphatic heterocycles. The molecule has 3 aromatic rings. The number of rotatable bonds is 9. The second-order valence-electron chi connectivity index (χ2n) is 7.41. The quantitative estimate of drug-likeness (QED) is 0.265. The summed E-state index contributed by atoms with van der Waals surface area (Å²) in [6.07, 6.45) is 1.67. The van der Waals surface area contributed by atoms with Crippen molar-refractivity contribution < 1.29 is 14.3 Å². The van der Waals surface area contributed by atoms with Gasteiger partial charge in [-0.15, -0.1) is 5.10 Å². The van der Waals surface area contributed by atoms with E-state index in [0.29, 0.717) is 12.3 Å². The topological polar surface area (TPSA) is 79.9 Å². The van der Waals surface area contributed by atoms with Gasteiger partial charge in [0.15, 0.2) is 0 Å². The molecule has 0 aliphatic rings. The molecule has 174 valence electrons. The van der Waals surface area contributed by atoms with Gasteiger partial charge in [0, 0.05) is 23.7 Å². The van der Waals surface area contributed by atoms with Crippen LogP contribution in [0.2, 0.25) is 0 Å². The van der Waals surface area contributed by atoms with Gasteiger partial charge in [0.05, 0.1) is 18.5 Å². The predicted molar refractivity (Wildman–Crippen MR) is 129 cm³/mol. The van der Waals surface area contributed by atoms with Crippen LogP contribution in [0.15, 0.2) is 58.0 Å². The van der Waals surface area contributed by atoms with Crippen LogP contribution in [0.3, 0.4) is 0 Å². The third-order valence-corrected chi connectivity index (χ3v) is 5.24. The second kappa shape index (κ2) is 10.9. The van der Waals surface area contributed by atoms with Crippen LogP contribution in [0.1, 0.15) is 29.2 Å². The molecule has 0 unspecified atom stereocenters. The molecule has 0 N–H and O–H groups in total. The number of aryl methyl sites for hydroxylation is 3. The van der Waals surface area contributed by atoms with E-state index in [1.165, 1.54) is 21.9 Å². The molecule has 8 nitrogen and oxygen atoms in total. The molecule has 9 heteroatoms. The number of hydrogen-bond acceptors (Lipinski definition) is 6. The maximum atomic E-state index is 12.6. The largest absolute Gasteiger partial charge is 0.489 e. The van der Waals surface area contributed by atoms with Gasteiger partial charge < -0.3 is 14.3 Å². The van der Waals surface area contributed by atoms with Gasteiger partial charge in [-0.05, 0) is 56.2 Å². The highest BCUT2D eigenvalue weighted by molar-refractivity contribution is 6.25. The SMILES string of the molecule is COc1nn(C)c(=O)n1-c1ccccc1COc1cc(C)c(/C(C)=N/OC/C=C\Cl)cc1C. The number of halogens is 1. The molecule has 1 heterocycles. The van der Waals surface area contributed by atoms with Crippen LogP contribution in [0.4, 0.5) is 0 Å². The van der Waals surface area contributed by atoms with Crippen LogP contribution in [-0.2, 0) is 18.5 Å². The van der Waals surface area contributed by atoms with Crippen LogP contribution >= 0.6 is 11.6 Å². The fraction of sp³-hybridized carbons (Fsp3) is 0.292. The first kappa shape index (κ1) is 24.1. The fourth-order valence-electron chi connectivity index (χ4n) is 3.38. The Morgan fingerprint density at radius 1 is 1.21 bits per heavy atom. The number of para-hydroxylation sites is 1. The molecule has 0 bridgehead atoms. The molecule has 1 aromatic heterocycles. The predicted octanol–water partition coefficient (Wildman–Crippen LogP) is 4.27. The molecule has 0 spiro atoms. The van der Waals surface area contributed by atoms with Gasteiger partial charge >= 0.3 is 11.7 Å². The Hall–Kier alpha value is -3.52. The Bertz CT molecular complexity index is 1240. The minimum absolute atomic E-state index is 0.213. The monoisotopic (exact) mass is 470 g/mol. The summed E-state index contributed by atoms with van der Waals surface area (Å²) >= 11 is 5.49. The average Bonchev–Trinajstić information content (AvgIpc) is 3.10. The highest BCUT2D eigenvalue weighted by atomic mass is 35.5. The number of methoxy groups -OCH3 is 1. The van der Waals surface area contributed by atoms with Crippen molar-refractivity contribution in [3.05, 3.63) is 80.7 Å². The lowest BCUT2D eigenvalue weighted by Crippen LogP contribution is -2.22. The van der Waals surface area contributed by atoms with E-state index in [2.05, 4.69) is 10.3 Å². The summed E-state index contributed by atoms with van der Waals surface area (Å²) in [4.78, 5) is 17.8. The maximum absolute atomic E-state index is 12.6. The summed E-state index contributed by atoms with van der Waals surface area (Å²) in [5.41, 5.74) is 6.28. The molecule has 0 saturated carbocycles. The lowest BCUT2D eigenvalue weighted by atomic mass is 10.0. The standard InChI is InChI=1S/C24H27ClN4O4/c1-16-14-22(17(2)13-20(16)18(3)27-33-12-8-11-25)32-15-19-9-6-7-10-21(19)29-23(31-5)26-28(4)24(29)30/h6-11,13-14H,12,15H2,1-5H3/b11-8-,27-18+. The number of nitrogens with zero attached hydrogens (tertiary/aromatic N) is 4. The first-order valence-electron chi connectivity index (χ1n) is 10.3. The van der Waals surface area contributed by atoms with Gasteiger partial charge in [-0.1, -0.05) is 35.0 Å². The second-order valence-corrected chi connectivity index (χ2v) is 7.66. The van der Waals surface area contributed by atoms with Gasteiger partial charge in [-0.3, -0.25) is 0 Å². The van der Waals surface area contributed by atoms with E-state index in [-0.39, 0.29) is 18.3 Å². The van der Waals surface area contributed by atoms with E-state index in [1.54, 1.807) is 13.1 Å². The molecule has 0 saturated heterocycles. The summed E-state index contributed by atoms with van der Waals surface area (Å²) in [6.45, 7) is 6.43. The first-order valence-corrected chi connectivity index (χ1v) is 10.8. The van der Waals surface area contributed by atoms with Gasteiger partial charge in [-0.2, -0.15) is 0 Å². The van der Waals surface area contributed by atoms with Crippen LogP contribution in [0.5, 0.6) is 11.8 Å². The highest BCUT2D eigenvalue weighted by Gasteiger charge is 2.17. The molecular formula is C24H27ClN4O4. The van der Waals surface area contributed by atoms with Gasteiger partial charge in [0.2, 0.25) is 0 Å². The van der Waals surface area contributed by atoms with Crippen LogP contribution in [0.25, 0.3) is 5.69 Å². The number of aromatic nitrogens is 3. The van der Waals surface area contributed by atoms with E-state index < -0.39 is 0 Å². The lowest BCUT2D eigenvalue weighted by Gasteiger charge is -2.15. The minimum Gasteiger partial charge on any atom is -0.489 e. The summed E-state index contributed by atoms with van der Waals surface area (Å²) in [5, 5.41) is 8.26. The zero-order chi connectivity index (χ0) is 24.0. The average molecular weight is 471 g/mol. The molecule has 0 fully saturated rings. The van der Waals surface area contributed by atoms with Crippen LogP contribution in [0, 0.1) is 13.8 Å². The van der Waals surface area contributed by atoms with E-state index >= 15 is 0 Å². The summed E-state index contributed by atoms with van der Waals surface area (Å²) < 4.78 is 14.1. The Labute approximate surface area is 197 Å². The molecular weight excluding hydrogens is 444 g/mol. The Kier molecular flexibility index (Phi) is 7.95. The van der Waals surface area contributed by atoms with Crippen molar-refractivity contribution in [1.82, 2.24) is 14.3 Å². The van der Waals surface area contributed by atoms with Crippen molar-refractivity contribution in [3.8, 4) is 17.4 Å². The highest BCUT2D eigenvalue weighted by Crippen LogP contribution is 2.26. The molecule has 0 atom stereocenters. The molecule has 0 amide bonds. The Morgan fingerprint density at radius 2 is 1.97 bits per heavy atom. The minimum atomic E-state index is -0.297. The first-order chi connectivity index (χ1) is 15.9. The van der Waals surface area contributed by atoms with E-state index in [9.17, 15) is 4.79 Å². The van der Waals surface area contributed by atoms with Crippen molar-refractivity contribution in [2.24, 2.45) is 12.2 Å². The number of hydrogen-bond donors (Lipinski definition) is 0. The maximum Gasteiger partial charge on any atom is 0.353 e. The number of benzene rings is 2. The molecule has 3 rings (SSSR count). The number of oxime groups is 1. The third kappa shape index (κ3) is 5.46. The van der Waals surface area contributed by atoms with E-state index in [0.717, 1.165) is 33.7 Å². The van der Waals surface area contributed by atoms with Gasteiger partial charge in [0.25, 0.3) is 0 Å². The van der Waals surface area contributed by atoms with Gasteiger partial charge in [-0.25, -0.2) is 14.0 Å². The smallest absolute Gasteiger partial charge is 0.353 e. The van der Waals surface area contributed by atoms with Crippen LogP contribution in [-0.4, -0.2) is 33.8 Å². The van der Waals surface area contributed by atoms with E-state index in [1.807, 2.05) is 57.2 Å². The zero-order valence-electron chi connectivity index (χ0n) is 19.3. The normalized spacial score (nSPS) is 11.8. The molecule has 0 radical (unpaired) electrons.